The molecule has 0 heterocycles. The number of nitro groups is 2. The minimum Gasteiger partial charge on any atom is -0.457 e. The van der Waals surface area contributed by atoms with E-state index < -0.39 is 46.3 Å². The molecule has 0 radical (unpaired) electrons. The molecular weight excluding hydrogens is 509 g/mol. The van der Waals surface area contributed by atoms with Gasteiger partial charge in [-0.15, -0.1) is 4.76 Å². The molecular formula is C22H22N5O9P. The van der Waals surface area contributed by atoms with Gasteiger partial charge in [-0.05, 0) is 58.0 Å². The second-order valence-electron chi connectivity index (χ2n) is 8.28. The van der Waals surface area contributed by atoms with E-state index in [9.17, 15) is 29.6 Å². The van der Waals surface area contributed by atoms with E-state index in [1.165, 1.54) is 31.2 Å². The van der Waals surface area contributed by atoms with Crippen molar-refractivity contribution in [2.45, 2.75) is 33.3 Å². The zero-order valence-corrected chi connectivity index (χ0v) is 21.0. The Morgan fingerprint density at radius 3 is 2.22 bits per heavy atom. The predicted molar refractivity (Wildman–Crippen MR) is 131 cm³/mol. The molecule has 0 bridgehead atoms. The van der Waals surface area contributed by atoms with Crippen LogP contribution in [0.1, 0.15) is 38.8 Å². The van der Waals surface area contributed by atoms with Crippen LogP contribution in [0, 0.1) is 31.6 Å². The van der Waals surface area contributed by atoms with Crippen molar-refractivity contribution in [3.63, 3.8) is 0 Å². The zero-order valence-electron chi connectivity index (χ0n) is 20.1. The van der Waals surface area contributed by atoms with Gasteiger partial charge in [0.1, 0.15) is 22.9 Å². The molecule has 0 aromatic heterocycles. The molecule has 2 rings (SSSR count). The highest BCUT2D eigenvalue weighted by Crippen LogP contribution is 2.52. The molecule has 0 aliphatic rings. The highest BCUT2D eigenvalue weighted by molar-refractivity contribution is 7.53. The summed E-state index contributed by atoms with van der Waals surface area (Å²) < 4.78 is 33.2. The number of carbonyl (C=O) groups excluding carboxylic acids is 1. The summed E-state index contributed by atoms with van der Waals surface area (Å²) in [5.41, 5.74) is 3.92. The van der Waals surface area contributed by atoms with Crippen LogP contribution >= 0.6 is 7.75 Å². The summed E-state index contributed by atoms with van der Waals surface area (Å²) in [6.07, 6.45) is 0.882. The Bertz CT molecular complexity index is 1370. The van der Waals surface area contributed by atoms with Crippen LogP contribution < -0.4 is 10.3 Å². The van der Waals surface area contributed by atoms with Crippen LogP contribution in [-0.4, -0.2) is 27.3 Å². The fourth-order valence-corrected chi connectivity index (χ4v) is 3.96. The molecule has 0 saturated heterocycles. The number of nitro benzene ring substituents is 2. The summed E-state index contributed by atoms with van der Waals surface area (Å²) in [6, 6.07) is 10.0. The Labute approximate surface area is 210 Å². The van der Waals surface area contributed by atoms with Gasteiger partial charge in [-0.3, -0.25) is 20.2 Å². The van der Waals surface area contributed by atoms with Gasteiger partial charge in [-0.2, -0.15) is 5.26 Å². The Morgan fingerprint density at radius 1 is 1.11 bits per heavy atom. The third-order valence-corrected chi connectivity index (χ3v) is 5.51. The quantitative estimate of drug-likeness (QED) is 0.0694. The summed E-state index contributed by atoms with van der Waals surface area (Å²) >= 11 is 0. The lowest BCUT2D eigenvalue weighted by Gasteiger charge is -2.19. The van der Waals surface area contributed by atoms with Gasteiger partial charge in [0.25, 0.3) is 0 Å². The van der Waals surface area contributed by atoms with E-state index in [2.05, 4.69) is 4.76 Å². The molecule has 2 aromatic rings. The molecule has 0 spiro atoms. The van der Waals surface area contributed by atoms with Gasteiger partial charge < -0.3 is 19.5 Å². The minimum atomic E-state index is -4.70. The topological polar surface area (TPSA) is 210 Å². The summed E-state index contributed by atoms with van der Waals surface area (Å²) in [5, 5.41) is 31.3. The van der Waals surface area contributed by atoms with Crippen LogP contribution in [0.5, 0.6) is 5.75 Å². The monoisotopic (exact) mass is 531 g/mol. The summed E-state index contributed by atoms with van der Waals surface area (Å²) in [4.78, 5) is 32.5. The first kappa shape index (κ1) is 28.5. The first-order valence-electron chi connectivity index (χ1n) is 10.3. The number of amidine groups is 1. The molecule has 37 heavy (non-hydrogen) atoms. The number of nitrogens with zero attached hydrogens (tertiary/aromatic N) is 4. The van der Waals surface area contributed by atoms with Crippen LogP contribution in [-0.2, 0) is 18.6 Å². The van der Waals surface area contributed by atoms with Crippen LogP contribution in [0.3, 0.4) is 0 Å². The molecule has 0 saturated carbocycles. The molecule has 2 N–H and O–H groups in total. The van der Waals surface area contributed by atoms with Crippen molar-refractivity contribution in [1.29, 1.82) is 5.26 Å². The van der Waals surface area contributed by atoms with Crippen molar-refractivity contribution in [3.8, 4) is 11.8 Å². The van der Waals surface area contributed by atoms with E-state index in [4.69, 9.17) is 24.8 Å². The van der Waals surface area contributed by atoms with Crippen molar-refractivity contribution in [2.24, 2.45) is 10.5 Å². The fourth-order valence-electron chi connectivity index (χ4n) is 2.66. The van der Waals surface area contributed by atoms with Crippen LogP contribution in [0.15, 0.2) is 59.1 Å². The zero-order chi connectivity index (χ0) is 28.0. The molecule has 0 aliphatic carbocycles. The SMILES string of the molecule is CC(=CC(=O)OC(C)(C)C)OP(=O)(N=C(N)c1ccc(C#N)cc1)Oc1ccc([N+](=O)[O-])c([N+](=O)[O-])c1. The second-order valence-corrected chi connectivity index (χ2v) is 9.78. The third-order valence-electron chi connectivity index (χ3n) is 4.09. The van der Waals surface area contributed by atoms with E-state index in [1.54, 1.807) is 20.8 Å². The lowest BCUT2D eigenvalue weighted by molar-refractivity contribution is -0.422. The summed E-state index contributed by atoms with van der Waals surface area (Å²) in [7, 11) is -4.70. The van der Waals surface area contributed by atoms with E-state index in [-0.39, 0.29) is 17.2 Å². The molecule has 0 fully saturated rings. The lowest BCUT2D eigenvalue weighted by atomic mass is 10.1. The predicted octanol–water partition coefficient (Wildman–Crippen LogP) is 4.53. The van der Waals surface area contributed by atoms with Crippen molar-refractivity contribution < 1.29 is 33.0 Å². The van der Waals surface area contributed by atoms with Crippen molar-refractivity contribution in [2.75, 3.05) is 0 Å². The average Bonchev–Trinajstić information content (AvgIpc) is 2.76. The number of nitrogens with two attached hydrogens (primary N) is 1. The lowest BCUT2D eigenvalue weighted by Crippen LogP contribution is -2.22. The van der Waals surface area contributed by atoms with E-state index >= 15 is 0 Å². The molecule has 0 amide bonds. The molecule has 0 aliphatic heterocycles. The van der Waals surface area contributed by atoms with E-state index in [1.807, 2.05) is 6.07 Å². The molecule has 15 heteroatoms. The summed E-state index contributed by atoms with van der Waals surface area (Å²) in [6.45, 7) is 6.15. The Morgan fingerprint density at radius 2 is 1.70 bits per heavy atom. The van der Waals surface area contributed by atoms with Crippen molar-refractivity contribution in [3.05, 3.63) is 85.7 Å². The number of esters is 1. The maximum Gasteiger partial charge on any atom is 0.564 e. The first-order valence-corrected chi connectivity index (χ1v) is 11.8. The van der Waals surface area contributed by atoms with Gasteiger partial charge in [0.15, 0.2) is 0 Å². The largest absolute Gasteiger partial charge is 0.564 e. The molecule has 1 unspecified atom stereocenters. The Balaban J connectivity index is 2.52. The maximum atomic E-state index is 13.6. The minimum absolute atomic E-state index is 0.231. The van der Waals surface area contributed by atoms with Crippen LogP contribution in [0.25, 0.3) is 0 Å². The van der Waals surface area contributed by atoms with Gasteiger partial charge in [-0.1, -0.05) is 0 Å². The van der Waals surface area contributed by atoms with Gasteiger partial charge in [0.2, 0.25) is 0 Å². The van der Waals surface area contributed by atoms with Gasteiger partial charge in [-0.25, -0.2) is 9.36 Å². The van der Waals surface area contributed by atoms with Gasteiger partial charge in [0, 0.05) is 11.6 Å². The van der Waals surface area contributed by atoms with Gasteiger partial charge >= 0.3 is 25.1 Å². The number of hydrogen-bond donors (Lipinski definition) is 1. The highest BCUT2D eigenvalue weighted by Gasteiger charge is 2.32. The van der Waals surface area contributed by atoms with E-state index in [0.29, 0.717) is 11.6 Å². The second kappa shape index (κ2) is 11.3. The normalized spacial score (nSPS) is 13.6. The van der Waals surface area contributed by atoms with Gasteiger partial charge in [0.05, 0.1) is 33.6 Å². The average molecular weight is 531 g/mol. The highest BCUT2D eigenvalue weighted by atomic mass is 31.2. The molecule has 1 atom stereocenters. The number of rotatable bonds is 9. The number of benzene rings is 2. The number of carbonyl (C=O) groups is 1. The number of ether oxygens (including phenoxy) is 1. The molecule has 194 valence electrons. The molecule has 14 nitrogen and oxygen atoms in total. The Kier molecular flexibility index (Phi) is 8.71. The smallest absolute Gasteiger partial charge is 0.457 e. The van der Waals surface area contributed by atoms with Crippen LogP contribution in [0.4, 0.5) is 11.4 Å². The Hall–Kier alpha value is -4.76. The number of allylic oxidation sites excluding steroid dienone is 1. The molecule has 2 aromatic carbocycles. The van der Waals surface area contributed by atoms with Crippen LogP contribution in [0.2, 0.25) is 0 Å². The first-order chi connectivity index (χ1) is 17.1. The standard InChI is InChI=1S/C22H22N5O9P/c1-14(11-20(28)34-22(2,3)4)35-37(33,25-21(24)16-7-5-15(13-23)6-8-16)36-17-9-10-18(26(29)30)19(12-17)27(31)32/h5-12H,1-4H3,(H2,24,25,33). The van der Waals surface area contributed by atoms with E-state index in [0.717, 1.165) is 18.2 Å². The number of hydrogen-bond acceptors (Lipinski definition) is 10. The van der Waals surface area contributed by atoms with Crippen molar-refractivity contribution >= 4 is 30.9 Å². The third kappa shape index (κ3) is 8.44. The maximum absolute atomic E-state index is 13.6. The van der Waals surface area contributed by atoms with Crippen molar-refractivity contribution in [1.82, 2.24) is 0 Å². The fraction of sp³-hybridized carbons (Fsp3) is 0.227. The number of nitriles is 1. The summed E-state index contributed by atoms with van der Waals surface area (Å²) in [5.74, 6) is -1.90.